The number of esters is 1. The van der Waals surface area contributed by atoms with Crippen molar-refractivity contribution in [2.24, 2.45) is 0 Å². The number of amides is 1. The number of carbonyl (C=O) groups excluding carboxylic acids is 3. The fourth-order valence-corrected chi connectivity index (χ4v) is 2.56. The Hall–Kier alpha value is -3.35. The van der Waals surface area contributed by atoms with Gasteiger partial charge in [0.2, 0.25) is 5.91 Å². The second-order valence-corrected chi connectivity index (χ2v) is 6.17. The average molecular weight is 399 g/mol. The maximum atomic E-state index is 12.3. The van der Waals surface area contributed by atoms with E-state index in [2.05, 4.69) is 5.32 Å². The summed E-state index contributed by atoms with van der Waals surface area (Å²) >= 11 is 0. The molecule has 0 aliphatic heterocycles. The van der Waals surface area contributed by atoms with Crippen LogP contribution in [0, 0.1) is 0 Å². The number of benzene rings is 2. The molecule has 0 saturated carbocycles. The molecule has 7 nitrogen and oxygen atoms in total. The molecule has 0 heterocycles. The summed E-state index contributed by atoms with van der Waals surface area (Å²) in [5.74, 6) is -0.126. The number of ether oxygens (including phenoxy) is 3. The normalized spacial score (nSPS) is 10.2. The first kappa shape index (κ1) is 21.9. The van der Waals surface area contributed by atoms with E-state index in [1.165, 1.54) is 13.2 Å². The Morgan fingerprint density at radius 2 is 1.62 bits per heavy atom. The second-order valence-electron chi connectivity index (χ2n) is 6.17. The zero-order valence-electron chi connectivity index (χ0n) is 16.8. The molecule has 1 amide bonds. The Morgan fingerprint density at radius 3 is 2.24 bits per heavy atom. The van der Waals surface area contributed by atoms with E-state index in [4.69, 9.17) is 14.2 Å². The number of methoxy groups -OCH3 is 1. The Labute approximate surface area is 170 Å². The monoisotopic (exact) mass is 399 g/mol. The van der Waals surface area contributed by atoms with Gasteiger partial charge in [-0.25, -0.2) is 4.79 Å². The number of anilines is 1. The van der Waals surface area contributed by atoms with Gasteiger partial charge in [0.1, 0.15) is 0 Å². The molecule has 0 aliphatic carbocycles. The average Bonchev–Trinajstić information content (AvgIpc) is 2.73. The van der Waals surface area contributed by atoms with Gasteiger partial charge >= 0.3 is 5.97 Å². The summed E-state index contributed by atoms with van der Waals surface area (Å²) in [4.78, 5) is 36.1. The molecule has 0 aliphatic rings. The van der Waals surface area contributed by atoms with Crippen molar-refractivity contribution >= 4 is 23.3 Å². The fraction of sp³-hybridized carbons (Fsp3) is 0.318. The van der Waals surface area contributed by atoms with Gasteiger partial charge in [0.25, 0.3) is 0 Å². The molecule has 0 atom stereocenters. The molecule has 7 heteroatoms. The van der Waals surface area contributed by atoms with Crippen molar-refractivity contribution in [1.29, 1.82) is 0 Å². The summed E-state index contributed by atoms with van der Waals surface area (Å²) in [6.45, 7) is 3.84. The minimum Gasteiger partial charge on any atom is -0.493 e. The Morgan fingerprint density at radius 1 is 0.931 bits per heavy atom. The highest BCUT2D eigenvalue weighted by atomic mass is 16.5. The third kappa shape index (κ3) is 6.34. The van der Waals surface area contributed by atoms with E-state index in [-0.39, 0.29) is 17.3 Å². The van der Waals surface area contributed by atoms with Gasteiger partial charge in [-0.05, 0) is 55.8 Å². The predicted octanol–water partition coefficient (Wildman–Crippen LogP) is 3.87. The lowest BCUT2D eigenvalue weighted by atomic mass is 10.1. The first-order valence-corrected chi connectivity index (χ1v) is 9.39. The highest BCUT2D eigenvalue weighted by Crippen LogP contribution is 2.28. The highest BCUT2D eigenvalue weighted by Gasteiger charge is 2.15. The molecular formula is C22H25NO6. The van der Waals surface area contributed by atoms with E-state index in [0.29, 0.717) is 35.8 Å². The Balaban J connectivity index is 1.94. The smallest absolute Gasteiger partial charge is 0.338 e. The molecule has 0 saturated heterocycles. The van der Waals surface area contributed by atoms with Crippen LogP contribution in [0.5, 0.6) is 11.5 Å². The largest absolute Gasteiger partial charge is 0.493 e. The standard InChI is InChI=1S/C22H25NO6/c1-4-6-21(25)23-17-10-7-15(8-11-17)18(24)14-29-22(26)16-9-12-19(28-5-2)20(13-16)27-3/h7-13H,4-6,14H2,1-3H3,(H,23,25). The quantitative estimate of drug-likeness (QED) is 0.482. The van der Waals surface area contributed by atoms with Crippen molar-refractivity contribution in [2.45, 2.75) is 26.7 Å². The van der Waals surface area contributed by atoms with Crippen molar-refractivity contribution in [2.75, 3.05) is 25.6 Å². The Bertz CT molecular complexity index is 860. The molecule has 29 heavy (non-hydrogen) atoms. The molecule has 0 aromatic heterocycles. The molecule has 0 spiro atoms. The van der Waals surface area contributed by atoms with Crippen molar-refractivity contribution in [3.63, 3.8) is 0 Å². The number of rotatable bonds is 10. The summed E-state index contributed by atoms with van der Waals surface area (Å²) in [5.41, 5.74) is 1.25. The number of carbonyl (C=O) groups is 3. The molecule has 0 unspecified atom stereocenters. The van der Waals surface area contributed by atoms with E-state index >= 15 is 0 Å². The summed E-state index contributed by atoms with van der Waals surface area (Å²) in [7, 11) is 1.48. The lowest BCUT2D eigenvalue weighted by Crippen LogP contribution is -2.15. The van der Waals surface area contributed by atoms with E-state index in [1.807, 2.05) is 13.8 Å². The van der Waals surface area contributed by atoms with Crippen LogP contribution in [-0.4, -0.2) is 38.0 Å². The van der Waals surface area contributed by atoms with Crippen LogP contribution in [0.3, 0.4) is 0 Å². The minimum absolute atomic E-state index is 0.0775. The highest BCUT2D eigenvalue weighted by molar-refractivity contribution is 6.00. The number of Topliss-reactive ketones (excluding diaryl/α,β-unsaturated/α-hetero) is 1. The van der Waals surface area contributed by atoms with Gasteiger partial charge in [-0.3, -0.25) is 9.59 Å². The predicted molar refractivity (Wildman–Crippen MR) is 109 cm³/mol. The maximum absolute atomic E-state index is 12.3. The first-order valence-electron chi connectivity index (χ1n) is 9.39. The molecule has 2 rings (SSSR count). The van der Waals surface area contributed by atoms with Crippen molar-refractivity contribution < 1.29 is 28.6 Å². The fourth-order valence-electron chi connectivity index (χ4n) is 2.56. The number of hydrogen-bond donors (Lipinski definition) is 1. The lowest BCUT2D eigenvalue weighted by molar-refractivity contribution is -0.116. The third-order valence-corrected chi connectivity index (χ3v) is 4.00. The van der Waals surface area contributed by atoms with Crippen LogP contribution in [0.1, 0.15) is 47.4 Å². The van der Waals surface area contributed by atoms with Gasteiger partial charge in [-0.2, -0.15) is 0 Å². The molecule has 154 valence electrons. The minimum atomic E-state index is -0.636. The van der Waals surface area contributed by atoms with Crippen LogP contribution >= 0.6 is 0 Å². The summed E-state index contributed by atoms with van der Waals surface area (Å²) in [6.07, 6.45) is 1.20. The number of ketones is 1. The van der Waals surface area contributed by atoms with Crippen molar-refractivity contribution in [3.8, 4) is 11.5 Å². The molecule has 2 aromatic rings. The zero-order chi connectivity index (χ0) is 21.2. The van der Waals surface area contributed by atoms with Gasteiger partial charge < -0.3 is 19.5 Å². The van der Waals surface area contributed by atoms with Crippen LogP contribution in [0.4, 0.5) is 5.69 Å². The van der Waals surface area contributed by atoms with Gasteiger partial charge in [0.05, 0.1) is 19.3 Å². The van der Waals surface area contributed by atoms with Crippen LogP contribution in [0.25, 0.3) is 0 Å². The summed E-state index contributed by atoms with van der Waals surface area (Å²) < 4.78 is 15.7. The Kier molecular flexibility index (Phi) is 8.21. The molecule has 2 aromatic carbocycles. The SMILES string of the molecule is CCCC(=O)Nc1ccc(C(=O)COC(=O)c2ccc(OCC)c(OC)c2)cc1. The van der Waals surface area contributed by atoms with Crippen LogP contribution < -0.4 is 14.8 Å². The topological polar surface area (TPSA) is 90.9 Å². The molecule has 1 N–H and O–H groups in total. The van der Waals surface area contributed by atoms with E-state index < -0.39 is 12.6 Å². The van der Waals surface area contributed by atoms with Gasteiger partial charge in [-0.1, -0.05) is 6.92 Å². The molecular weight excluding hydrogens is 374 g/mol. The van der Waals surface area contributed by atoms with Gasteiger partial charge in [0, 0.05) is 17.7 Å². The zero-order valence-corrected chi connectivity index (χ0v) is 16.8. The number of hydrogen-bond acceptors (Lipinski definition) is 6. The lowest BCUT2D eigenvalue weighted by Gasteiger charge is -2.11. The van der Waals surface area contributed by atoms with Crippen LogP contribution in [-0.2, 0) is 9.53 Å². The summed E-state index contributed by atoms with van der Waals surface area (Å²) in [5, 5.41) is 2.75. The third-order valence-electron chi connectivity index (χ3n) is 4.00. The number of nitrogens with one attached hydrogen (secondary N) is 1. The molecule has 0 fully saturated rings. The molecule has 0 bridgehead atoms. The first-order chi connectivity index (χ1) is 14.0. The van der Waals surface area contributed by atoms with Crippen LogP contribution in [0.2, 0.25) is 0 Å². The van der Waals surface area contributed by atoms with E-state index in [9.17, 15) is 14.4 Å². The maximum Gasteiger partial charge on any atom is 0.338 e. The van der Waals surface area contributed by atoms with Crippen LogP contribution in [0.15, 0.2) is 42.5 Å². The molecule has 0 radical (unpaired) electrons. The van der Waals surface area contributed by atoms with Gasteiger partial charge in [-0.15, -0.1) is 0 Å². The van der Waals surface area contributed by atoms with Crippen molar-refractivity contribution in [3.05, 3.63) is 53.6 Å². The summed E-state index contributed by atoms with van der Waals surface area (Å²) in [6, 6.07) is 11.1. The van der Waals surface area contributed by atoms with Gasteiger partial charge in [0.15, 0.2) is 23.9 Å². The van der Waals surface area contributed by atoms with Crippen molar-refractivity contribution in [1.82, 2.24) is 0 Å². The second kappa shape index (κ2) is 10.8. The van der Waals surface area contributed by atoms with E-state index in [1.54, 1.807) is 36.4 Å². The van der Waals surface area contributed by atoms with E-state index in [0.717, 1.165) is 6.42 Å².